The highest BCUT2D eigenvalue weighted by molar-refractivity contribution is 5.77. The first-order valence-corrected chi connectivity index (χ1v) is 6.70. The van der Waals surface area contributed by atoms with E-state index in [1.807, 2.05) is 31.2 Å². The molecule has 106 valence electrons. The molecule has 0 saturated carbocycles. The van der Waals surface area contributed by atoms with Crippen molar-refractivity contribution in [2.24, 2.45) is 0 Å². The molecule has 19 heavy (non-hydrogen) atoms. The van der Waals surface area contributed by atoms with Gasteiger partial charge in [-0.1, -0.05) is 31.2 Å². The Morgan fingerprint density at radius 2 is 1.95 bits per heavy atom. The molecule has 0 fully saturated rings. The van der Waals surface area contributed by atoms with Crippen LogP contribution in [0.4, 0.5) is 0 Å². The zero-order chi connectivity index (χ0) is 14.1. The predicted octanol–water partition coefficient (Wildman–Crippen LogP) is 2.09. The Kier molecular flexibility index (Phi) is 7.15. The molecule has 0 bridgehead atoms. The molecule has 0 saturated heterocycles. The van der Waals surface area contributed by atoms with Crippen molar-refractivity contribution in [1.29, 1.82) is 0 Å². The second-order valence-electron chi connectivity index (χ2n) is 4.23. The Hall–Kier alpha value is -1.39. The lowest BCUT2D eigenvalue weighted by Crippen LogP contribution is -2.32. The monoisotopic (exact) mass is 265 g/mol. The van der Waals surface area contributed by atoms with E-state index in [1.54, 1.807) is 7.11 Å². The second-order valence-corrected chi connectivity index (χ2v) is 4.23. The average Bonchev–Trinajstić information content (AvgIpc) is 2.44. The topological polar surface area (TPSA) is 47.6 Å². The molecule has 0 aliphatic heterocycles. The van der Waals surface area contributed by atoms with Gasteiger partial charge in [-0.3, -0.25) is 5.32 Å². The quantitative estimate of drug-likeness (QED) is 0.577. The minimum absolute atomic E-state index is 0.247. The summed E-state index contributed by atoms with van der Waals surface area (Å²) in [5, 5.41) is 3.16. The van der Waals surface area contributed by atoms with Crippen LogP contribution >= 0.6 is 0 Å². The molecule has 0 amide bonds. The highest BCUT2D eigenvalue weighted by Crippen LogP contribution is 2.16. The van der Waals surface area contributed by atoms with E-state index in [4.69, 9.17) is 9.47 Å². The summed E-state index contributed by atoms with van der Waals surface area (Å²) in [4.78, 5) is 12.0. The van der Waals surface area contributed by atoms with Crippen LogP contribution in [0.3, 0.4) is 0 Å². The van der Waals surface area contributed by atoms with E-state index in [-0.39, 0.29) is 5.97 Å². The molecule has 1 rings (SSSR count). The minimum atomic E-state index is -0.430. The highest BCUT2D eigenvalue weighted by atomic mass is 16.5. The maximum atomic E-state index is 12.0. The fourth-order valence-corrected chi connectivity index (χ4v) is 1.81. The number of methoxy groups -OCH3 is 1. The molecule has 1 N–H and O–H groups in total. The lowest BCUT2D eigenvalue weighted by molar-refractivity contribution is -0.145. The Balaban J connectivity index is 2.77. The van der Waals surface area contributed by atoms with Crippen LogP contribution in [0.1, 0.15) is 31.0 Å². The van der Waals surface area contributed by atoms with Crippen molar-refractivity contribution in [3.8, 4) is 0 Å². The van der Waals surface area contributed by atoms with E-state index < -0.39 is 6.04 Å². The molecular weight excluding hydrogens is 242 g/mol. The van der Waals surface area contributed by atoms with Gasteiger partial charge >= 0.3 is 5.97 Å². The van der Waals surface area contributed by atoms with Gasteiger partial charge in [0.2, 0.25) is 0 Å². The summed E-state index contributed by atoms with van der Waals surface area (Å²) in [5.41, 5.74) is 2.18. The van der Waals surface area contributed by atoms with Gasteiger partial charge in [-0.15, -0.1) is 0 Å². The van der Waals surface area contributed by atoms with E-state index in [9.17, 15) is 4.79 Å². The third kappa shape index (κ3) is 5.01. The molecule has 0 aliphatic carbocycles. The number of rotatable bonds is 8. The van der Waals surface area contributed by atoms with Gasteiger partial charge in [-0.2, -0.15) is 0 Å². The average molecular weight is 265 g/mol. The number of hydrogen-bond donors (Lipinski definition) is 1. The van der Waals surface area contributed by atoms with Gasteiger partial charge in [-0.05, 0) is 24.5 Å². The van der Waals surface area contributed by atoms with Gasteiger partial charge in [0, 0.05) is 13.7 Å². The SMILES string of the molecule is CCOC(=O)C(NCCOC)c1ccc(CC)cc1. The maximum absolute atomic E-state index is 12.0. The standard InChI is InChI=1S/C15H23NO3/c1-4-12-6-8-13(9-7-12)14(15(17)19-5-2)16-10-11-18-3/h6-9,14,16H,4-5,10-11H2,1-3H3. The number of carbonyl (C=O) groups is 1. The molecule has 0 aliphatic rings. The van der Waals surface area contributed by atoms with E-state index in [1.165, 1.54) is 5.56 Å². The number of hydrogen-bond acceptors (Lipinski definition) is 4. The van der Waals surface area contributed by atoms with Gasteiger partial charge in [0.15, 0.2) is 0 Å². The van der Waals surface area contributed by atoms with Gasteiger partial charge in [0.05, 0.1) is 13.2 Å². The fraction of sp³-hybridized carbons (Fsp3) is 0.533. The molecule has 4 nitrogen and oxygen atoms in total. The lowest BCUT2D eigenvalue weighted by atomic mass is 10.0. The Bertz CT molecular complexity index is 375. The van der Waals surface area contributed by atoms with Gasteiger partial charge in [0.25, 0.3) is 0 Å². The van der Waals surface area contributed by atoms with Gasteiger partial charge in [0.1, 0.15) is 6.04 Å². The summed E-state index contributed by atoms with van der Waals surface area (Å²) in [6.07, 6.45) is 0.988. The fourth-order valence-electron chi connectivity index (χ4n) is 1.81. The first kappa shape index (κ1) is 15.7. The summed E-state index contributed by atoms with van der Waals surface area (Å²) < 4.78 is 10.1. The van der Waals surface area contributed by atoms with Crippen LogP contribution in [0.5, 0.6) is 0 Å². The van der Waals surface area contributed by atoms with Crippen LogP contribution < -0.4 is 5.32 Å². The smallest absolute Gasteiger partial charge is 0.327 e. The number of nitrogens with one attached hydrogen (secondary N) is 1. The first-order chi connectivity index (χ1) is 9.22. The van der Waals surface area contributed by atoms with Crippen LogP contribution in [0, 0.1) is 0 Å². The summed E-state index contributed by atoms with van der Waals surface area (Å²) in [7, 11) is 1.64. The zero-order valence-corrected chi connectivity index (χ0v) is 11.9. The van der Waals surface area contributed by atoms with E-state index in [0.717, 1.165) is 12.0 Å². The number of aryl methyl sites for hydroxylation is 1. The van der Waals surface area contributed by atoms with Crippen molar-refractivity contribution >= 4 is 5.97 Å². The van der Waals surface area contributed by atoms with Crippen molar-refractivity contribution < 1.29 is 14.3 Å². The van der Waals surface area contributed by atoms with E-state index in [0.29, 0.717) is 19.8 Å². The Labute approximate surface area is 115 Å². The van der Waals surface area contributed by atoms with Crippen molar-refractivity contribution in [1.82, 2.24) is 5.32 Å². The third-order valence-corrected chi connectivity index (χ3v) is 2.90. The van der Waals surface area contributed by atoms with Crippen LogP contribution in [0.2, 0.25) is 0 Å². The second kappa shape index (κ2) is 8.67. The normalized spacial score (nSPS) is 12.2. The molecule has 0 aromatic heterocycles. The molecule has 4 heteroatoms. The summed E-state index contributed by atoms with van der Waals surface area (Å²) in [5.74, 6) is -0.247. The summed E-state index contributed by atoms with van der Waals surface area (Å²) in [6, 6.07) is 7.60. The Morgan fingerprint density at radius 1 is 1.26 bits per heavy atom. The van der Waals surface area contributed by atoms with E-state index in [2.05, 4.69) is 12.2 Å². The molecule has 0 heterocycles. The van der Waals surface area contributed by atoms with Crippen molar-refractivity contribution in [3.63, 3.8) is 0 Å². The number of ether oxygens (including phenoxy) is 2. The number of benzene rings is 1. The molecule has 1 aromatic rings. The minimum Gasteiger partial charge on any atom is -0.465 e. The molecule has 1 atom stereocenters. The lowest BCUT2D eigenvalue weighted by Gasteiger charge is -2.17. The summed E-state index contributed by atoms with van der Waals surface area (Å²) in [6.45, 7) is 5.46. The largest absolute Gasteiger partial charge is 0.465 e. The van der Waals surface area contributed by atoms with Gasteiger partial charge < -0.3 is 9.47 Å². The highest BCUT2D eigenvalue weighted by Gasteiger charge is 2.20. The van der Waals surface area contributed by atoms with Crippen molar-refractivity contribution in [2.45, 2.75) is 26.3 Å². The zero-order valence-electron chi connectivity index (χ0n) is 11.9. The van der Waals surface area contributed by atoms with Crippen LogP contribution in [0.25, 0.3) is 0 Å². The molecule has 1 unspecified atom stereocenters. The summed E-state index contributed by atoms with van der Waals surface area (Å²) >= 11 is 0. The first-order valence-electron chi connectivity index (χ1n) is 6.70. The van der Waals surface area contributed by atoms with E-state index >= 15 is 0 Å². The van der Waals surface area contributed by atoms with Crippen molar-refractivity contribution in [3.05, 3.63) is 35.4 Å². The van der Waals surface area contributed by atoms with Crippen LogP contribution in [-0.4, -0.2) is 32.8 Å². The molecule has 0 radical (unpaired) electrons. The van der Waals surface area contributed by atoms with Crippen molar-refractivity contribution in [2.75, 3.05) is 26.9 Å². The number of carbonyl (C=O) groups excluding carboxylic acids is 1. The predicted molar refractivity (Wildman–Crippen MR) is 75.1 cm³/mol. The molecule has 0 spiro atoms. The molecular formula is C15H23NO3. The van der Waals surface area contributed by atoms with Crippen LogP contribution in [-0.2, 0) is 20.7 Å². The molecule has 1 aromatic carbocycles. The maximum Gasteiger partial charge on any atom is 0.327 e. The third-order valence-electron chi connectivity index (χ3n) is 2.90. The number of esters is 1. The Morgan fingerprint density at radius 3 is 2.47 bits per heavy atom. The van der Waals surface area contributed by atoms with Crippen LogP contribution in [0.15, 0.2) is 24.3 Å². The van der Waals surface area contributed by atoms with Gasteiger partial charge in [-0.25, -0.2) is 4.79 Å².